The first-order valence-electron chi connectivity index (χ1n) is 5.56. The second-order valence-electron chi connectivity index (χ2n) is 3.80. The van der Waals surface area contributed by atoms with Crippen LogP contribution in [0.2, 0.25) is 10.0 Å². The molecule has 90 valence electrons. The zero-order chi connectivity index (χ0) is 12.3. The van der Waals surface area contributed by atoms with E-state index < -0.39 is 0 Å². The van der Waals surface area contributed by atoms with E-state index in [1.165, 1.54) is 0 Å². The van der Waals surface area contributed by atoms with Crippen molar-refractivity contribution in [3.05, 3.63) is 40.4 Å². The van der Waals surface area contributed by atoms with Crippen molar-refractivity contribution in [2.24, 2.45) is 0 Å². The SMILES string of the molecule is CCCCc1ncn(-c2ccc(Cl)cc2Cl)n1. The number of aromatic nitrogens is 3. The van der Waals surface area contributed by atoms with Crippen LogP contribution in [0.15, 0.2) is 24.5 Å². The van der Waals surface area contributed by atoms with Gasteiger partial charge in [-0.1, -0.05) is 36.5 Å². The number of hydrogen-bond acceptors (Lipinski definition) is 2. The number of halogens is 2. The molecule has 2 rings (SSSR count). The molecule has 0 N–H and O–H groups in total. The summed E-state index contributed by atoms with van der Waals surface area (Å²) in [4.78, 5) is 4.25. The summed E-state index contributed by atoms with van der Waals surface area (Å²) in [7, 11) is 0. The number of unbranched alkanes of at least 4 members (excludes halogenated alkanes) is 1. The van der Waals surface area contributed by atoms with Crippen molar-refractivity contribution in [2.45, 2.75) is 26.2 Å². The highest BCUT2D eigenvalue weighted by atomic mass is 35.5. The van der Waals surface area contributed by atoms with Crippen LogP contribution in [0.5, 0.6) is 0 Å². The third-order valence-corrected chi connectivity index (χ3v) is 2.99. The van der Waals surface area contributed by atoms with Gasteiger partial charge in [-0.15, -0.1) is 0 Å². The molecule has 1 aromatic heterocycles. The Kier molecular flexibility index (Phi) is 4.02. The van der Waals surface area contributed by atoms with Gasteiger partial charge in [-0.25, -0.2) is 9.67 Å². The summed E-state index contributed by atoms with van der Waals surface area (Å²) in [6, 6.07) is 5.32. The molecule has 0 saturated heterocycles. The van der Waals surface area contributed by atoms with Crippen LogP contribution in [0.1, 0.15) is 25.6 Å². The maximum absolute atomic E-state index is 6.10. The van der Waals surface area contributed by atoms with Gasteiger partial charge < -0.3 is 0 Å². The standard InChI is InChI=1S/C12H13Cl2N3/c1-2-3-4-12-15-8-17(16-12)11-6-5-9(13)7-10(11)14/h5-8H,2-4H2,1H3. The van der Waals surface area contributed by atoms with Crippen LogP contribution in [0.3, 0.4) is 0 Å². The molecule has 3 nitrogen and oxygen atoms in total. The highest BCUT2D eigenvalue weighted by Crippen LogP contribution is 2.23. The predicted molar refractivity (Wildman–Crippen MR) is 70.0 cm³/mol. The van der Waals surface area contributed by atoms with E-state index in [0.717, 1.165) is 30.8 Å². The molecule has 0 spiro atoms. The van der Waals surface area contributed by atoms with E-state index >= 15 is 0 Å². The van der Waals surface area contributed by atoms with E-state index in [9.17, 15) is 0 Å². The van der Waals surface area contributed by atoms with Crippen molar-refractivity contribution in [3.8, 4) is 5.69 Å². The van der Waals surface area contributed by atoms with Crippen LogP contribution < -0.4 is 0 Å². The minimum absolute atomic E-state index is 0.574. The molecule has 1 heterocycles. The lowest BCUT2D eigenvalue weighted by atomic mass is 10.2. The molecule has 0 aliphatic carbocycles. The highest BCUT2D eigenvalue weighted by molar-refractivity contribution is 6.35. The van der Waals surface area contributed by atoms with Gasteiger partial charge in [0.2, 0.25) is 0 Å². The molecule has 0 radical (unpaired) electrons. The molecular weight excluding hydrogens is 257 g/mol. The largest absolute Gasteiger partial charge is 0.220 e. The summed E-state index contributed by atoms with van der Waals surface area (Å²) in [6.07, 6.45) is 4.81. The van der Waals surface area contributed by atoms with Crippen molar-refractivity contribution in [3.63, 3.8) is 0 Å². The van der Waals surface area contributed by atoms with Gasteiger partial charge >= 0.3 is 0 Å². The average Bonchev–Trinajstić information content (AvgIpc) is 2.75. The molecule has 0 unspecified atom stereocenters. The zero-order valence-electron chi connectivity index (χ0n) is 9.53. The quantitative estimate of drug-likeness (QED) is 0.843. The van der Waals surface area contributed by atoms with Crippen molar-refractivity contribution in [1.29, 1.82) is 0 Å². The van der Waals surface area contributed by atoms with Gasteiger partial charge in [0.15, 0.2) is 5.82 Å². The second-order valence-corrected chi connectivity index (χ2v) is 4.65. The fraction of sp³-hybridized carbons (Fsp3) is 0.333. The molecule has 0 aliphatic heterocycles. The van der Waals surface area contributed by atoms with Crippen molar-refractivity contribution >= 4 is 23.2 Å². The molecule has 2 aromatic rings. The van der Waals surface area contributed by atoms with Gasteiger partial charge in [0, 0.05) is 11.4 Å². The van der Waals surface area contributed by atoms with E-state index in [1.54, 1.807) is 23.1 Å². The molecule has 0 aliphatic rings. The lowest BCUT2D eigenvalue weighted by Gasteiger charge is -2.03. The summed E-state index contributed by atoms with van der Waals surface area (Å²) in [5.74, 6) is 0.845. The number of aryl methyl sites for hydroxylation is 1. The number of hydrogen-bond donors (Lipinski definition) is 0. The van der Waals surface area contributed by atoms with Gasteiger partial charge in [-0.05, 0) is 24.6 Å². The molecular formula is C12H13Cl2N3. The number of nitrogens with zero attached hydrogens (tertiary/aromatic N) is 3. The van der Waals surface area contributed by atoms with Gasteiger partial charge in [0.1, 0.15) is 6.33 Å². The number of benzene rings is 1. The molecule has 0 atom stereocenters. The molecule has 0 saturated carbocycles. The molecule has 17 heavy (non-hydrogen) atoms. The van der Waals surface area contributed by atoms with Crippen LogP contribution >= 0.6 is 23.2 Å². The molecule has 5 heteroatoms. The Balaban J connectivity index is 2.24. The summed E-state index contributed by atoms with van der Waals surface area (Å²) in [6.45, 7) is 2.15. The van der Waals surface area contributed by atoms with E-state index in [0.29, 0.717) is 10.0 Å². The molecule has 0 bridgehead atoms. The fourth-order valence-corrected chi connectivity index (χ4v) is 2.02. The van der Waals surface area contributed by atoms with Crippen LogP contribution in [0.25, 0.3) is 5.69 Å². The first-order chi connectivity index (χ1) is 8.20. The third-order valence-electron chi connectivity index (χ3n) is 2.45. The minimum atomic E-state index is 0.574. The number of rotatable bonds is 4. The second kappa shape index (κ2) is 5.52. The predicted octanol–water partition coefficient (Wildman–Crippen LogP) is 3.92. The van der Waals surface area contributed by atoms with Crippen molar-refractivity contribution in [2.75, 3.05) is 0 Å². The maximum Gasteiger partial charge on any atom is 0.151 e. The highest BCUT2D eigenvalue weighted by Gasteiger charge is 2.06. The summed E-state index contributed by atoms with van der Waals surface area (Å²) in [5.41, 5.74) is 0.798. The van der Waals surface area contributed by atoms with Crippen molar-refractivity contribution < 1.29 is 0 Å². The normalized spacial score (nSPS) is 10.8. The lowest BCUT2D eigenvalue weighted by Crippen LogP contribution is -1.97. The van der Waals surface area contributed by atoms with Crippen LogP contribution in [-0.4, -0.2) is 14.8 Å². The summed E-state index contributed by atoms with van der Waals surface area (Å²) in [5, 5.41) is 5.58. The minimum Gasteiger partial charge on any atom is -0.220 e. The monoisotopic (exact) mass is 269 g/mol. The fourth-order valence-electron chi connectivity index (χ4n) is 1.53. The topological polar surface area (TPSA) is 30.7 Å². The maximum atomic E-state index is 6.10. The van der Waals surface area contributed by atoms with Gasteiger partial charge in [-0.2, -0.15) is 5.10 Å². The Bertz CT molecular complexity index is 508. The Morgan fingerprint density at radius 2 is 2.12 bits per heavy atom. The first kappa shape index (κ1) is 12.4. The van der Waals surface area contributed by atoms with E-state index in [-0.39, 0.29) is 0 Å². The zero-order valence-corrected chi connectivity index (χ0v) is 11.0. The molecule has 0 amide bonds. The van der Waals surface area contributed by atoms with Crippen molar-refractivity contribution in [1.82, 2.24) is 14.8 Å². The molecule has 1 aromatic carbocycles. The van der Waals surface area contributed by atoms with Gasteiger partial charge in [0.25, 0.3) is 0 Å². The Morgan fingerprint density at radius 1 is 1.29 bits per heavy atom. The van der Waals surface area contributed by atoms with Crippen LogP contribution in [0.4, 0.5) is 0 Å². The van der Waals surface area contributed by atoms with Gasteiger partial charge in [-0.3, -0.25) is 0 Å². The van der Waals surface area contributed by atoms with Crippen LogP contribution in [-0.2, 0) is 6.42 Å². The van der Waals surface area contributed by atoms with E-state index in [2.05, 4.69) is 17.0 Å². The Morgan fingerprint density at radius 3 is 2.82 bits per heavy atom. The van der Waals surface area contributed by atoms with Crippen LogP contribution in [0, 0.1) is 0 Å². The lowest BCUT2D eigenvalue weighted by molar-refractivity contribution is 0.742. The Hall–Kier alpha value is -1.06. The molecule has 0 fully saturated rings. The van der Waals surface area contributed by atoms with Gasteiger partial charge in [0.05, 0.1) is 10.7 Å². The smallest absolute Gasteiger partial charge is 0.151 e. The summed E-state index contributed by atoms with van der Waals surface area (Å²) < 4.78 is 1.68. The summed E-state index contributed by atoms with van der Waals surface area (Å²) >= 11 is 12.0. The third kappa shape index (κ3) is 2.99. The average molecular weight is 270 g/mol. The Labute approximate surface area is 110 Å². The van der Waals surface area contributed by atoms with E-state index in [1.807, 2.05) is 6.07 Å². The first-order valence-corrected chi connectivity index (χ1v) is 6.32. The van der Waals surface area contributed by atoms with E-state index in [4.69, 9.17) is 23.2 Å².